The first-order chi connectivity index (χ1) is 7.24. The molecule has 0 aromatic heterocycles. The zero-order chi connectivity index (χ0) is 10.8. The van der Waals surface area contributed by atoms with Gasteiger partial charge in [-0.05, 0) is 26.2 Å². The van der Waals surface area contributed by atoms with E-state index in [9.17, 15) is 4.79 Å². The van der Waals surface area contributed by atoms with Gasteiger partial charge in [-0.15, -0.1) is 0 Å². The van der Waals surface area contributed by atoms with Crippen LogP contribution in [0.5, 0.6) is 0 Å². The van der Waals surface area contributed by atoms with Crippen LogP contribution < -0.4 is 0 Å². The van der Waals surface area contributed by atoms with E-state index in [2.05, 4.69) is 15.9 Å². The summed E-state index contributed by atoms with van der Waals surface area (Å²) >= 11 is 3.41. The Bertz CT molecular complexity index is 243. The summed E-state index contributed by atoms with van der Waals surface area (Å²) in [7, 11) is 0. The molecule has 3 nitrogen and oxygen atoms in total. The third-order valence-electron chi connectivity index (χ3n) is 3.29. The number of rotatable bonds is 4. The van der Waals surface area contributed by atoms with E-state index >= 15 is 0 Å². The van der Waals surface area contributed by atoms with Crippen molar-refractivity contribution in [3.63, 3.8) is 0 Å². The molecule has 2 aliphatic rings. The molecule has 86 valence electrons. The molecule has 15 heavy (non-hydrogen) atoms. The Morgan fingerprint density at radius 2 is 2.20 bits per heavy atom. The predicted molar refractivity (Wildman–Crippen MR) is 62.1 cm³/mol. The van der Waals surface area contributed by atoms with Crippen LogP contribution in [0.3, 0.4) is 0 Å². The lowest BCUT2D eigenvalue weighted by molar-refractivity contribution is -0.137. The standard InChI is InChI=1S/C11H18BrNO2/c1-8-10(4-7-15-8)11(14)13(6-5-12)9-2-3-9/h8-10H,2-7H2,1H3. The van der Waals surface area contributed by atoms with Crippen molar-refractivity contribution in [2.75, 3.05) is 18.5 Å². The molecule has 4 heteroatoms. The average Bonchev–Trinajstić information content (AvgIpc) is 2.97. The molecule has 1 saturated heterocycles. The van der Waals surface area contributed by atoms with Crippen LogP contribution >= 0.6 is 15.9 Å². The van der Waals surface area contributed by atoms with E-state index in [-0.39, 0.29) is 12.0 Å². The number of halogens is 1. The maximum atomic E-state index is 12.3. The van der Waals surface area contributed by atoms with Crippen LogP contribution in [-0.4, -0.2) is 41.4 Å². The number of carbonyl (C=O) groups excluding carboxylic acids is 1. The summed E-state index contributed by atoms with van der Waals surface area (Å²) in [4.78, 5) is 14.3. The minimum absolute atomic E-state index is 0.102. The summed E-state index contributed by atoms with van der Waals surface area (Å²) in [5.41, 5.74) is 0. The van der Waals surface area contributed by atoms with Crippen LogP contribution in [0.4, 0.5) is 0 Å². The van der Waals surface area contributed by atoms with Gasteiger partial charge in [-0.3, -0.25) is 4.79 Å². The zero-order valence-corrected chi connectivity index (χ0v) is 10.7. The van der Waals surface area contributed by atoms with Gasteiger partial charge in [-0.2, -0.15) is 0 Å². The van der Waals surface area contributed by atoms with Gasteiger partial charge in [0.05, 0.1) is 12.0 Å². The van der Waals surface area contributed by atoms with Crippen LogP contribution in [0, 0.1) is 5.92 Å². The maximum Gasteiger partial charge on any atom is 0.228 e. The Labute approximate surface area is 99.3 Å². The molecule has 0 bridgehead atoms. The van der Waals surface area contributed by atoms with Crippen LogP contribution in [0.25, 0.3) is 0 Å². The van der Waals surface area contributed by atoms with Gasteiger partial charge in [0.25, 0.3) is 0 Å². The van der Waals surface area contributed by atoms with E-state index in [1.807, 2.05) is 11.8 Å². The fourth-order valence-electron chi connectivity index (χ4n) is 2.22. The largest absolute Gasteiger partial charge is 0.378 e. The Hall–Kier alpha value is -0.0900. The lowest BCUT2D eigenvalue weighted by Crippen LogP contribution is -2.41. The Morgan fingerprint density at radius 1 is 1.47 bits per heavy atom. The van der Waals surface area contributed by atoms with Crippen molar-refractivity contribution < 1.29 is 9.53 Å². The van der Waals surface area contributed by atoms with E-state index in [0.29, 0.717) is 11.9 Å². The highest BCUT2D eigenvalue weighted by Gasteiger charge is 2.39. The first kappa shape index (κ1) is 11.4. The number of hydrogen-bond donors (Lipinski definition) is 0. The van der Waals surface area contributed by atoms with Gasteiger partial charge in [0, 0.05) is 24.5 Å². The van der Waals surface area contributed by atoms with Crippen LogP contribution in [0.2, 0.25) is 0 Å². The van der Waals surface area contributed by atoms with E-state index in [4.69, 9.17) is 4.74 Å². The van der Waals surface area contributed by atoms with Crippen molar-refractivity contribution in [2.45, 2.75) is 38.3 Å². The molecule has 2 fully saturated rings. The SMILES string of the molecule is CC1OCCC1C(=O)N(CCBr)C1CC1. The lowest BCUT2D eigenvalue weighted by atomic mass is 10.0. The first-order valence-electron chi connectivity index (χ1n) is 5.72. The molecule has 2 atom stereocenters. The quantitative estimate of drug-likeness (QED) is 0.733. The summed E-state index contributed by atoms with van der Waals surface area (Å²) < 4.78 is 5.46. The molecular weight excluding hydrogens is 258 g/mol. The van der Waals surface area contributed by atoms with Crippen LogP contribution in [0.1, 0.15) is 26.2 Å². The van der Waals surface area contributed by atoms with E-state index < -0.39 is 0 Å². The molecule has 0 radical (unpaired) electrons. The third kappa shape index (κ3) is 2.53. The normalized spacial score (nSPS) is 30.5. The molecule has 1 amide bonds. The second-order valence-electron chi connectivity index (χ2n) is 4.42. The zero-order valence-electron chi connectivity index (χ0n) is 9.12. The maximum absolute atomic E-state index is 12.3. The Kier molecular flexibility index (Phi) is 3.67. The molecule has 0 spiro atoms. The van der Waals surface area contributed by atoms with Gasteiger partial charge in [0.2, 0.25) is 5.91 Å². The Morgan fingerprint density at radius 3 is 2.67 bits per heavy atom. The Balaban J connectivity index is 1.96. The molecular formula is C11H18BrNO2. The van der Waals surface area contributed by atoms with E-state index in [1.165, 1.54) is 12.8 Å². The van der Waals surface area contributed by atoms with E-state index in [0.717, 1.165) is 24.9 Å². The molecule has 0 aromatic rings. The third-order valence-corrected chi connectivity index (χ3v) is 3.64. The number of ether oxygens (including phenoxy) is 1. The van der Waals surface area contributed by atoms with Crippen molar-refractivity contribution >= 4 is 21.8 Å². The van der Waals surface area contributed by atoms with E-state index in [1.54, 1.807) is 0 Å². The second-order valence-corrected chi connectivity index (χ2v) is 5.22. The highest BCUT2D eigenvalue weighted by atomic mass is 79.9. The van der Waals surface area contributed by atoms with Gasteiger partial charge in [-0.1, -0.05) is 15.9 Å². The molecule has 1 aliphatic heterocycles. The number of hydrogen-bond acceptors (Lipinski definition) is 2. The minimum Gasteiger partial charge on any atom is -0.378 e. The number of alkyl halides is 1. The van der Waals surface area contributed by atoms with Crippen molar-refractivity contribution in [3.8, 4) is 0 Å². The minimum atomic E-state index is 0.102. The lowest BCUT2D eigenvalue weighted by Gasteiger charge is -2.26. The molecule has 1 aliphatic carbocycles. The highest BCUT2D eigenvalue weighted by Crippen LogP contribution is 2.31. The fourth-order valence-corrected chi connectivity index (χ4v) is 2.60. The number of amides is 1. The topological polar surface area (TPSA) is 29.5 Å². The molecule has 2 unspecified atom stereocenters. The highest BCUT2D eigenvalue weighted by molar-refractivity contribution is 9.09. The van der Waals surface area contributed by atoms with Crippen molar-refractivity contribution in [1.82, 2.24) is 4.90 Å². The fraction of sp³-hybridized carbons (Fsp3) is 0.909. The summed E-state index contributed by atoms with van der Waals surface area (Å²) in [6.45, 7) is 3.59. The summed E-state index contributed by atoms with van der Waals surface area (Å²) in [6.07, 6.45) is 3.36. The van der Waals surface area contributed by atoms with Gasteiger partial charge in [0.1, 0.15) is 0 Å². The summed E-state index contributed by atoms with van der Waals surface area (Å²) in [6, 6.07) is 0.517. The van der Waals surface area contributed by atoms with Crippen molar-refractivity contribution in [2.24, 2.45) is 5.92 Å². The van der Waals surface area contributed by atoms with Crippen LogP contribution in [0.15, 0.2) is 0 Å². The average molecular weight is 276 g/mol. The number of carbonyl (C=O) groups is 1. The second kappa shape index (κ2) is 4.83. The molecule has 1 heterocycles. The predicted octanol–water partition coefficient (Wildman–Crippen LogP) is 1.80. The van der Waals surface area contributed by atoms with Crippen LogP contribution in [-0.2, 0) is 9.53 Å². The summed E-state index contributed by atoms with van der Waals surface area (Å²) in [5, 5.41) is 0.872. The first-order valence-corrected chi connectivity index (χ1v) is 6.84. The number of nitrogens with zero attached hydrogens (tertiary/aromatic N) is 1. The monoisotopic (exact) mass is 275 g/mol. The van der Waals surface area contributed by atoms with Gasteiger partial charge < -0.3 is 9.64 Å². The van der Waals surface area contributed by atoms with Crippen molar-refractivity contribution in [3.05, 3.63) is 0 Å². The summed E-state index contributed by atoms with van der Waals surface area (Å²) in [5.74, 6) is 0.409. The molecule has 1 saturated carbocycles. The van der Waals surface area contributed by atoms with Gasteiger partial charge in [-0.25, -0.2) is 0 Å². The van der Waals surface area contributed by atoms with Gasteiger partial charge in [0.15, 0.2) is 0 Å². The molecule has 0 aromatic carbocycles. The smallest absolute Gasteiger partial charge is 0.228 e. The molecule has 0 N–H and O–H groups in total. The van der Waals surface area contributed by atoms with Gasteiger partial charge >= 0.3 is 0 Å². The van der Waals surface area contributed by atoms with Crippen molar-refractivity contribution in [1.29, 1.82) is 0 Å². The molecule has 2 rings (SSSR count).